The summed E-state index contributed by atoms with van der Waals surface area (Å²) in [5.41, 5.74) is -0.301. The Morgan fingerprint density at radius 2 is 1.75 bits per heavy atom. The van der Waals surface area contributed by atoms with Crippen LogP contribution in [0, 0.1) is 11.6 Å². The lowest BCUT2D eigenvalue weighted by Crippen LogP contribution is -2.10. The SMILES string of the molecule is C=C(Oc1ccc(Cl)cc1)C(=O)c1ccc(F)cc1F. The van der Waals surface area contributed by atoms with Gasteiger partial charge in [0.1, 0.15) is 17.4 Å². The zero-order valence-corrected chi connectivity index (χ0v) is 11.0. The molecule has 0 N–H and O–H groups in total. The van der Waals surface area contributed by atoms with Crippen LogP contribution in [0.15, 0.2) is 54.8 Å². The molecule has 0 atom stereocenters. The maximum Gasteiger partial charge on any atom is 0.230 e. The molecule has 2 rings (SSSR count). The van der Waals surface area contributed by atoms with Gasteiger partial charge in [-0.25, -0.2) is 8.78 Å². The largest absolute Gasteiger partial charge is 0.454 e. The van der Waals surface area contributed by atoms with Crippen molar-refractivity contribution in [3.05, 3.63) is 77.0 Å². The minimum Gasteiger partial charge on any atom is -0.454 e. The maximum absolute atomic E-state index is 13.5. The Hall–Kier alpha value is -2.20. The van der Waals surface area contributed by atoms with Gasteiger partial charge >= 0.3 is 0 Å². The number of halogens is 3. The number of Topliss-reactive ketones (excluding diaryl/α,β-unsaturated/α-hetero) is 1. The molecule has 2 aromatic carbocycles. The summed E-state index contributed by atoms with van der Waals surface area (Å²) >= 11 is 5.71. The molecule has 0 aromatic heterocycles. The Morgan fingerprint density at radius 1 is 1.10 bits per heavy atom. The van der Waals surface area contributed by atoms with E-state index in [1.165, 1.54) is 0 Å². The summed E-state index contributed by atoms with van der Waals surface area (Å²) in [7, 11) is 0. The average Bonchev–Trinajstić information content (AvgIpc) is 2.40. The first kappa shape index (κ1) is 14.2. The third-order valence-corrected chi connectivity index (χ3v) is 2.74. The Balaban J connectivity index is 2.16. The van der Waals surface area contributed by atoms with Gasteiger partial charge in [0.05, 0.1) is 5.56 Å². The highest BCUT2D eigenvalue weighted by atomic mass is 35.5. The van der Waals surface area contributed by atoms with Crippen molar-refractivity contribution in [1.29, 1.82) is 0 Å². The highest BCUT2D eigenvalue weighted by Crippen LogP contribution is 2.20. The molecule has 0 aliphatic carbocycles. The van der Waals surface area contributed by atoms with Crippen molar-refractivity contribution in [2.24, 2.45) is 0 Å². The number of carbonyl (C=O) groups is 1. The highest BCUT2D eigenvalue weighted by molar-refractivity contribution is 6.30. The first-order valence-electron chi connectivity index (χ1n) is 5.59. The second-order valence-electron chi connectivity index (χ2n) is 3.93. The summed E-state index contributed by atoms with van der Waals surface area (Å²) in [5.74, 6) is -2.40. The van der Waals surface area contributed by atoms with Gasteiger partial charge in [-0.3, -0.25) is 4.79 Å². The van der Waals surface area contributed by atoms with Crippen molar-refractivity contribution in [2.75, 3.05) is 0 Å². The van der Waals surface area contributed by atoms with Crippen molar-refractivity contribution < 1.29 is 18.3 Å². The molecular formula is C15H9ClF2O2. The van der Waals surface area contributed by atoms with Crippen LogP contribution in [-0.4, -0.2) is 5.78 Å². The number of benzene rings is 2. The van der Waals surface area contributed by atoms with Gasteiger partial charge in [0, 0.05) is 11.1 Å². The summed E-state index contributed by atoms with van der Waals surface area (Å²) < 4.78 is 31.5. The minimum atomic E-state index is -0.962. The number of rotatable bonds is 4. The average molecular weight is 295 g/mol. The van der Waals surface area contributed by atoms with Gasteiger partial charge in [-0.05, 0) is 36.4 Å². The smallest absolute Gasteiger partial charge is 0.230 e. The van der Waals surface area contributed by atoms with E-state index in [1.54, 1.807) is 24.3 Å². The molecule has 0 aliphatic heterocycles. The lowest BCUT2D eigenvalue weighted by Gasteiger charge is -2.08. The van der Waals surface area contributed by atoms with E-state index in [1.807, 2.05) is 0 Å². The number of carbonyl (C=O) groups excluding carboxylic acids is 1. The summed E-state index contributed by atoms with van der Waals surface area (Å²) in [4.78, 5) is 11.9. The topological polar surface area (TPSA) is 26.3 Å². The van der Waals surface area contributed by atoms with Gasteiger partial charge < -0.3 is 4.74 Å². The van der Waals surface area contributed by atoms with Crippen LogP contribution in [0.5, 0.6) is 5.75 Å². The number of ketones is 1. The van der Waals surface area contributed by atoms with Crippen molar-refractivity contribution in [1.82, 2.24) is 0 Å². The highest BCUT2D eigenvalue weighted by Gasteiger charge is 2.17. The molecule has 102 valence electrons. The molecule has 0 bridgehead atoms. The van der Waals surface area contributed by atoms with E-state index in [0.29, 0.717) is 16.8 Å². The van der Waals surface area contributed by atoms with E-state index in [-0.39, 0.29) is 11.3 Å². The van der Waals surface area contributed by atoms with Crippen LogP contribution in [0.25, 0.3) is 0 Å². The fourth-order valence-corrected chi connectivity index (χ4v) is 1.64. The molecule has 0 aliphatic rings. The second kappa shape index (κ2) is 5.84. The van der Waals surface area contributed by atoms with Gasteiger partial charge in [0.25, 0.3) is 0 Å². The van der Waals surface area contributed by atoms with E-state index in [4.69, 9.17) is 16.3 Å². The van der Waals surface area contributed by atoms with E-state index in [2.05, 4.69) is 6.58 Å². The lowest BCUT2D eigenvalue weighted by atomic mass is 10.1. The molecule has 0 saturated heterocycles. The summed E-state index contributed by atoms with van der Waals surface area (Å²) in [6.07, 6.45) is 0. The molecule has 5 heteroatoms. The third kappa shape index (κ3) is 3.22. The lowest BCUT2D eigenvalue weighted by molar-refractivity contribution is 0.0983. The van der Waals surface area contributed by atoms with Gasteiger partial charge in [-0.2, -0.15) is 0 Å². The molecule has 2 nitrogen and oxygen atoms in total. The molecule has 0 saturated carbocycles. The quantitative estimate of drug-likeness (QED) is 0.475. The van der Waals surface area contributed by atoms with Crippen molar-refractivity contribution >= 4 is 17.4 Å². The molecule has 2 aromatic rings. The molecular weight excluding hydrogens is 286 g/mol. The number of hydrogen-bond acceptors (Lipinski definition) is 2. The molecule has 0 radical (unpaired) electrons. The van der Waals surface area contributed by atoms with Crippen molar-refractivity contribution in [2.45, 2.75) is 0 Å². The molecule has 0 amide bonds. The normalized spacial score (nSPS) is 10.2. The Kier molecular flexibility index (Phi) is 4.15. The van der Waals surface area contributed by atoms with Crippen molar-refractivity contribution in [3.8, 4) is 5.75 Å². The van der Waals surface area contributed by atoms with E-state index in [9.17, 15) is 13.6 Å². The van der Waals surface area contributed by atoms with Crippen molar-refractivity contribution in [3.63, 3.8) is 0 Å². The monoisotopic (exact) mass is 294 g/mol. The van der Waals surface area contributed by atoms with Crippen LogP contribution < -0.4 is 4.74 Å². The second-order valence-corrected chi connectivity index (χ2v) is 4.37. The first-order chi connectivity index (χ1) is 9.47. The molecule has 0 spiro atoms. The number of ether oxygens (including phenoxy) is 1. The Morgan fingerprint density at radius 3 is 2.35 bits per heavy atom. The van der Waals surface area contributed by atoms with Gasteiger partial charge in [-0.1, -0.05) is 18.2 Å². The Labute approximate surface area is 119 Å². The number of allylic oxidation sites excluding steroid dienone is 1. The summed E-state index contributed by atoms with van der Waals surface area (Å²) in [6.45, 7) is 3.45. The van der Waals surface area contributed by atoms with Gasteiger partial charge in [-0.15, -0.1) is 0 Å². The van der Waals surface area contributed by atoms with Gasteiger partial charge in [0.2, 0.25) is 5.78 Å². The zero-order valence-electron chi connectivity index (χ0n) is 10.2. The minimum absolute atomic E-state index is 0.266. The molecule has 0 heterocycles. The van der Waals surface area contributed by atoms with Crippen LogP contribution in [-0.2, 0) is 0 Å². The predicted octanol–water partition coefficient (Wildman–Crippen LogP) is 4.39. The van der Waals surface area contributed by atoms with Gasteiger partial charge in [0.15, 0.2) is 5.76 Å². The van der Waals surface area contributed by atoms with Crippen LogP contribution in [0.1, 0.15) is 10.4 Å². The Bertz CT molecular complexity index is 666. The van der Waals surface area contributed by atoms with E-state index in [0.717, 1.165) is 12.1 Å². The van der Waals surface area contributed by atoms with Crippen LogP contribution in [0.4, 0.5) is 8.78 Å². The first-order valence-corrected chi connectivity index (χ1v) is 5.97. The zero-order chi connectivity index (χ0) is 14.7. The fourth-order valence-electron chi connectivity index (χ4n) is 1.52. The third-order valence-electron chi connectivity index (χ3n) is 2.48. The summed E-state index contributed by atoms with van der Waals surface area (Å²) in [6, 6.07) is 8.90. The summed E-state index contributed by atoms with van der Waals surface area (Å²) in [5, 5.41) is 0.513. The molecule has 0 unspecified atom stereocenters. The predicted molar refractivity (Wildman–Crippen MR) is 71.9 cm³/mol. The van der Waals surface area contributed by atoms with Crippen LogP contribution in [0.2, 0.25) is 5.02 Å². The fraction of sp³-hybridized carbons (Fsp3) is 0. The van der Waals surface area contributed by atoms with E-state index >= 15 is 0 Å². The van der Waals surface area contributed by atoms with Crippen LogP contribution in [0.3, 0.4) is 0 Å². The van der Waals surface area contributed by atoms with E-state index < -0.39 is 17.4 Å². The standard InChI is InChI=1S/C15H9ClF2O2/c1-9(20-12-5-2-10(16)3-6-12)15(19)13-7-4-11(17)8-14(13)18/h2-8H,1H2. The number of hydrogen-bond donors (Lipinski definition) is 0. The molecule has 0 fully saturated rings. The van der Waals surface area contributed by atoms with Crippen LogP contribution >= 0.6 is 11.6 Å². The molecule has 20 heavy (non-hydrogen) atoms. The maximum atomic E-state index is 13.5.